The Hall–Kier alpha value is -1.97. The maximum absolute atomic E-state index is 8.86. The number of rotatable bonds is 9. The predicted molar refractivity (Wildman–Crippen MR) is 214 cm³/mol. The Kier molecular flexibility index (Phi) is 9.93. The summed E-state index contributed by atoms with van der Waals surface area (Å²) in [7, 11) is 17.7. The van der Waals surface area contributed by atoms with Gasteiger partial charge in [-0.15, -0.1) is 0 Å². The van der Waals surface area contributed by atoms with Crippen molar-refractivity contribution in [3.8, 4) is 22.3 Å². The molecule has 0 radical (unpaired) electrons. The molecule has 0 spiro atoms. The van der Waals surface area contributed by atoms with Crippen LogP contribution in [0.2, 0.25) is 13.1 Å². The summed E-state index contributed by atoms with van der Waals surface area (Å²) in [4.78, 5) is 0. The van der Waals surface area contributed by atoms with Crippen LogP contribution < -0.4 is 0 Å². The molecule has 4 heteroatoms. The summed E-state index contributed by atoms with van der Waals surface area (Å²) >= 11 is -5.10. The van der Waals surface area contributed by atoms with Crippen molar-refractivity contribution in [2.24, 2.45) is 11.8 Å². The molecule has 0 saturated carbocycles. The van der Waals surface area contributed by atoms with Gasteiger partial charge in [-0.1, -0.05) is 0 Å². The Morgan fingerprint density at radius 1 is 0.583 bits per heavy atom. The molecule has 0 aliphatic heterocycles. The van der Waals surface area contributed by atoms with Crippen LogP contribution in [0, 0.1) is 39.5 Å². The third-order valence-corrected chi connectivity index (χ3v) is 85.1. The second kappa shape index (κ2) is 13.3. The molecule has 2 aliphatic rings. The molecule has 4 aromatic carbocycles. The van der Waals surface area contributed by atoms with E-state index in [4.69, 9.17) is 17.2 Å². The van der Waals surface area contributed by atoms with Crippen molar-refractivity contribution in [2.45, 2.75) is 88.7 Å². The first-order chi connectivity index (χ1) is 22.8. The van der Waals surface area contributed by atoms with Crippen molar-refractivity contribution in [1.82, 2.24) is 0 Å². The van der Waals surface area contributed by atoms with E-state index >= 15 is 0 Å². The number of hydrogen-bond acceptors (Lipinski definition) is 0. The van der Waals surface area contributed by atoms with Crippen LogP contribution in [0.15, 0.2) is 83.9 Å². The zero-order valence-electron chi connectivity index (χ0n) is 30.6. The SMILES string of the molecule is CCC(C)C1=Cc2c(-c3cccc(C)c3C)cccc2[CH]1[Hf]([Cl])([Cl])([CH]1C(C(C)CC)=Cc2c(-c3cccc(C)c3C)cccc21)[SiH](C)C. The molecule has 251 valence electrons. The van der Waals surface area contributed by atoms with E-state index in [9.17, 15) is 0 Å². The van der Waals surface area contributed by atoms with Crippen LogP contribution in [-0.2, 0) is 15.3 Å². The molecule has 0 aromatic heterocycles. The van der Waals surface area contributed by atoms with Crippen LogP contribution >= 0.6 is 17.2 Å². The third kappa shape index (κ3) is 5.47. The molecule has 0 amide bonds. The molecule has 0 nitrogen and oxygen atoms in total. The quantitative estimate of drug-likeness (QED) is 0.147. The van der Waals surface area contributed by atoms with Crippen LogP contribution in [-0.4, -0.2) is 5.98 Å². The first kappa shape index (κ1) is 35.8. The zero-order chi connectivity index (χ0) is 34.7. The van der Waals surface area contributed by atoms with E-state index in [1.807, 2.05) is 0 Å². The van der Waals surface area contributed by atoms with Crippen molar-refractivity contribution in [3.63, 3.8) is 0 Å². The fraction of sp³-hybridized carbons (Fsp3) is 0.364. The molecule has 0 saturated heterocycles. The van der Waals surface area contributed by atoms with Crippen LogP contribution in [0.3, 0.4) is 0 Å². The summed E-state index contributed by atoms with van der Waals surface area (Å²) in [6.45, 7) is 23.4. The Bertz CT molecular complexity index is 1830. The van der Waals surface area contributed by atoms with Gasteiger partial charge in [0, 0.05) is 0 Å². The molecule has 2 aliphatic carbocycles. The van der Waals surface area contributed by atoms with E-state index in [-0.39, 0.29) is 7.35 Å². The van der Waals surface area contributed by atoms with Gasteiger partial charge in [-0.25, -0.2) is 0 Å². The van der Waals surface area contributed by atoms with Gasteiger partial charge in [0.25, 0.3) is 0 Å². The average Bonchev–Trinajstić information content (AvgIpc) is 3.68. The van der Waals surface area contributed by atoms with Gasteiger partial charge in [-0.3, -0.25) is 0 Å². The topological polar surface area (TPSA) is 0 Å². The van der Waals surface area contributed by atoms with E-state index in [0.717, 1.165) is 12.8 Å². The molecule has 0 bridgehead atoms. The van der Waals surface area contributed by atoms with Crippen LogP contribution in [0.25, 0.3) is 34.4 Å². The Balaban J connectivity index is 1.66. The first-order valence-electron chi connectivity index (χ1n) is 18.1. The number of hydrogen-bond donors (Lipinski definition) is 0. The summed E-state index contributed by atoms with van der Waals surface area (Å²) in [5.74, 6) is -0.875. The summed E-state index contributed by atoms with van der Waals surface area (Å²) in [6.07, 6.45) is 7.22. The van der Waals surface area contributed by atoms with Crippen LogP contribution in [0.1, 0.15) is 92.4 Å². The summed E-state index contributed by atoms with van der Waals surface area (Å²) in [5.41, 5.74) is 19.0. The van der Waals surface area contributed by atoms with E-state index < -0.39 is 21.3 Å². The summed E-state index contributed by atoms with van der Waals surface area (Å²) in [6, 6.07) is 27.4. The van der Waals surface area contributed by atoms with Crippen molar-refractivity contribution >= 4 is 35.3 Å². The standard InChI is InChI=1S/2C21H23.C2H7Si.2ClH.Hf/c2*1-5-14(2)18-12-17-9-7-11-20(21(17)13-18)19-10-6-8-15(3)16(19)4;1-3-2;;;/h2*6-14H,5H2,1-4H3;3H,1-2H3;2*1H;/q;;;;;+2/p-2. The number of halogens is 2. The molecule has 4 aromatic rings. The number of fused-ring (bicyclic) bond motifs is 2. The average molecular weight is 859 g/mol. The van der Waals surface area contributed by atoms with Gasteiger partial charge < -0.3 is 0 Å². The van der Waals surface area contributed by atoms with Gasteiger partial charge in [0.05, 0.1) is 0 Å². The molecule has 0 heterocycles. The molecular formula is C44H53Cl2HfSi. The Labute approximate surface area is 299 Å². The fourth-order valence-corrected chi connectivity index (χ4v) is 53.1. The summed E-state index contributed by atoms with van der Waals surface area (Å²) in [5, 5.41) is 0. The van der Waals surface area contributed by atoms with Gasteiger partial charge in [-0.2, -0.15) is 0 Å². The maximum atomic E-state index is 8.86. The molecule has 48 heavy (non-hydrogen) atoms. The second-order valence-electron chi connectivity index (χ2n) is 15.3. The van der Waals surface area contributed by atoms with E-state index in [2.05, 4.69) is 153 Å². The van der Waals surface area contributed by atoms with E-state index in [0.29, 0.717) is 11.8 Å². The van der Waals surface area contributed by atoms with E-state index in [1.54, 1.807) is 0 Å². The first-order valence-corrected chi connectivity index (χ1v) is 40.3. The van der Waals surface area contributed by atoms with Crippen molar-refractivity contribution in [2.75, 3.05) is 0 Å². The molecule has 4 unspecified atom stereocenters. The fourth-order valence-electron chi connectivity index (χ4n) is 8.80. The van der Waals surface area contributed by atoms with Crippen LogP contribution in [0.5, 0.6) is 0 Å². The van der Waals surface area contributed by atoms with Crippen molar-refractivity contribution in [3.05, 3.63) is 128 Å². The third-order valence-electron chi connectivity index (χ3n) is 12.5. The molecule has 4 atom stereocenters. The molecule has 0 fully saturated rings. The number of benzene rings is 4. The predicted octanol–water partition coefficient (Wildman–Crippen LogP) is 13.9. The van der Waals surface area contributed by atoms with Gasteiger partial charge in [0.15, 0.2) is 0 Å². The normalized spacial score (nSPS) is 19.3. The van der Waals surface area contributed by atoms with Crippen molar-refractivity contribution in [1.29, 1.82) is 0 Å². The number of aryl methyl sites for hydroxylation is 2. The minimum atomic E-state index is -5.10. The summed E-state index contributed by atoms with van der Waals surface area (Å²) < 4.78 is 0.194. The molecular weight excluding hydrogens is 806 g/mol. The van der Waals surface area contributed by atoms with E-state index in [1.165, 1.54) is 77.9 Å². The monoisotopic (exact) mass is 859 g/mol. The van der Waals surface area contributed by atoms with Crippen LogP contribution in [0.4, 0.5) is 0 Å². The van der Waals surface area contributed by atoms with Gasteiger partial charge >= 0.3 is 302 Å². The molecule has 6 rings (SSSR count). The van der Waals surface area contributed by atoms with Gasteiger partial charge in [0.2, 0.25) is 0 Å². The Morgan fingerprint density at radius 3 is 1.29 bits per heavy atom. The second-order valence-corrected chi connectivity index (χ2v) is 74.5. The zero-order valence-corrected chi connectivity index (χ0v) is 36.9. The van der Waals surface area contributed by atoms with Gasteiger partial charge in [-0.05, 0) is 0 Å². The molecule has 0 N–H and O–H groups in total. The van der Waals surface area contributed by atoms with Gasteiger partial charge in [0.1, 0.15) is 0 Å². The Morgan fingerprint density at radius 2 is 0.938 bits per heavy atom. The van der Waals surface area contributed by atoms with Crippen molar-refractivity contribution < 1.29 is 15.3 Å². The minimum absolute atomic E-state index is 0.0970. The number of allylic oxidation sites excluding steroid dienone is 2.